The van der Waals surface area contributed by atoms with Crippen LogP contribution in [0.4, 0.5) is 4.39 Å². The van der Waals surface area contributed by atoms with Crippen LogP contribution in [0.1, 0.15) is 6.42 Å². The summed E-state index contributed by atoms with van der Waals surface area (Å²) in [6, 6.07) is 5.41. The maximum absolute atomic E-state index is 12.6. The maximum Gasteiger partial charge on any atom is 0.232 e. The molecule has 106 valence electrons. The molecule has 0 aromatic heterocycles. The lowest BCUT2D eigenvalue weighted by atomic mass is 10.3. The minimum Gasteiger partial charge on any atom is -0.494 e. The first-order chi connectivity index (χ1) is 8.89. The number of carbonyl (C=O) groups is 1. The zero-order valence-corrected chi connectivity index (χ0v) is 11.0. The van der Waals surface area contributed by atoms with E-state index in [9.17, 15) is 17.6 Å². The van der Waals surface area contributed by atoms with Crippen LogP contribution in [0.3, 0.4) is 0 Å². The lowest BCUT2D eigenvalue weighted by Crippen LogP contribution is -2.35. The molecule has 0 bridgehead atoms. The van der Waals surface area contributed by atoms with Gasteiger partial charge in [-0.2, -0.15) is 0 Å². The van der Waals surface area contributed by atoms with E-state index >= 15 is 0 Å². The summed E-state index contributed by atoms with van der Waals surface area (Å²) in [5, 5.41) is 0. The first-order valence-corrected chi connectivity index (χ1v) is 7.18. The summed E-state index contributed by atoms with van der Waals surface area (Å²) in [5.41, 5.74) is 4.82. The number of halogens is 1. The molecule has 1 rings (SSSR count). The molecule has 0 unspecified atom stereocenters. The Morgan fingerprint density at radius 2 is 1.95 bits per heavy atom. The Hall–Kier alpha value is -1.67. The first kappa shape index (κ1) is 15.4. The Kier molecular flexibility index (Phi) is 5.71. The fourth-order valence-corrected chi connectivity index (χ4v) is 2.23. The minimum atomic E-state index is -3.53. The van der Waals surface area contributed by atoms with Crippen LogP contribution in [-0.4, -0.2) is 33.2 Å². The van der Waals surface area contributed by atoms with Crippen LogP contribution in [0, 0.1) is 5.82 Å². The third kappa shape index (κ3) is 6.73. The summed E-state index contributed by atoms with van der Waals surface area (Å²) in [4.78, 5) is 10.4. The lowest BCUT2D eigenvalue weighted by molar-refractivity contribution is -0.116. The van der Waals surface area contributed by atoms with Gasteiger partial charge in [0.05, 0.1) is 18.9 Å². The van der Waals surface area contributed by atoms with Gasteiger partial charge in [-0.3, -0.25) is 4.79 Å². The van der Waals surface area contributed by atoms with Crippen molar-refractivity contribution < 1.29 is 22.3 Å². The highest BCUT2D eigenvalue weighted by Crippen LogP contribution is 2.11. The van der Waals surface area contributed by atoms with Crippen molar-refractivity contribution in [3.05, 3.63) is 30.1 Å². The number of sulfonamides is 1. The molecule has 0 spiro atoms. The van der Waals surface area contributed by atoms with Crippen LogP contribution in [0.15, 0.2) is 24.3 Å². The molecule has 0 heterocycles. The average Bonchev–Trinajstić information content (AvgIpc) is 2.35. The molecule has 0 saturated heterocycles. The third-order valence-electron chi connectivity index (χ3n) is 2.11. The summed E-state index contributed by atoms with van der Waals surface area (Å²) < 4.78 is 42.6. The number of benzene rings is 1. The third-order valence-corrected chi connectivity index (χ3v) is 3.52. The van der Waals surface area contributed by atoms with E-state index in [4.69, 9.17) is 10.5 Å². The molecule has 1 aromatic rings. The van der Waals surface area contributed by atoms with E-state index in [1.165, 1.54) is 24.3 Å². The van der Waals surface area contributed by atoms with Gasteiger partial charge in [0.25, 0.3) is 0 Å². The molecular formula is C11H15FN2O4S. The largest absolute Gasteiger partial charge is 0.494 e. The van der Waals surface area contributed by atoms with Gasteiger partial charge < -0.3 is 10.5 Å². The molecule has 0 saturated carbocycles. The van der Waals surface area contributed by atoms with Gasteiger partial charge in [-0.1, -0.05) is 0 Å². The van der Waals surface area contributed by atoms with Crippen molar-refractivity contribution in [2.75, 3.05) is 18.9 Å². The van der Waals surface area contributed by atoms with Crippen LogP contribution in [-0.2, 0) is 14.8 Å². The van der Waals surface area contributed by atoms with Crippen LogP contribution >= 0.6 is 0 Å². The first-order valence-electron chi connectivity index (χ1n) is 5.53. The molecule has 8 heteroatoms. The van der Waals surface area contributed by atoms with Crippen molar-refractivity contribution in [2.24, 2.45) is 5.73 Å². The zero-order valence-electron chi connectivity index (χ0n) is 10.1. The predicted octanol–water partition coefficient (Wildman–Crippen LogP) is -0.000700. The van der Waals surface area contributed by atoms with Crippen molar-refractivity contribution in [3.63, 3.8) is 0 Å². The number of hydrogen-bond donors (Lipinski definition) is 2. The van der Waals surface area contributed by atoms with Crippen LogP contribution in [0.2, 0.25) is 0 Å². The molecule has 0 radical (unpaired) electrons. The van der Waals surface area contributed by atoms with Gasteiger partial charge in [0.15, 0.2) is 0 Å². The number of nitrogens with one attached hydrogen (secondary N) is 1. The number of carbonyl (C=O) groups excluding carboxylic acids is 1. The Labute approximate surface area is 110 Å². The van der Waals surface area contributed by atoms with Gasteiger partial charge in [-0.25, -0.2) is 17.5 Å². The van der Waals surface area contributed by atoms with Gasteiger partial charge in [0, 0.05) is 0 Å². The summed E-state index contributed by atoms with van der Waals surface area (Å²) in [6.07, 6.45) is 0.242. The van der Waals surface area contributed by atoms with Gasteiger partial charge in [-0.15, -0.1) is 0 Å². The highest BCUT2D eigenvalue weighted by molar-refractivity contribution is 7.89. The fourth-order valence-electron chi connectivity index (χ4n) is 1.22. The summed E-state index contributed by atoms with van der Waals surface area (Å²) in [7, 11) is -3.53. The Morgan fingerprint density at radius 1 is 1.32 bits per heavy atom. The predicted molar refractivity (Wildman–Crippen MR) is 67.5 cm³/mol. The molecule has 0 atom stereocenters. The summed E-state index contributed by atoms with van der Waals surface area (Å²) >= 11 is 0. The Morgan fingerprint density at radius 3 is 2.53 bits per heavy atom. The quantitative estimate of drug-likeness (QED) is 0.658. The smallest absolute Gasteiger partial charge is 0.232 e. The van der Waals surface area contributed by atoms with Crippen LogP contribution in [0.25, 0.3) is 0 Å². The molecule has 19 heavy (non-hydrogen) atoms. The summed E-state index contributed by atoms with van der Waals surface area (Å²) in [5.74, 6) is -0.831. The molecule has 6 nitrogen and oxygen atoms in total. The molecule has 0 fully saturated rings. The van der Waals surface area contributed by atoms with Crippen molar-refractivity contribution in [2.45, 2.75) is 6.42 Å². The zero-order chi connectivity index (χ0) is 14.3. The number of primary amides is 1. The minimum absolute atomic E-state index is 0.170. The van der Waals surface area contributed by atoms with E-state index in [1.54, 1.807) is 0 Å². The van der Waals surface area contributed by atoms with Crippen molar-refractivity contribution >= 4 is 15.9 Å². The second kappa shape index (κ2) is 7.05. The molecule has 1 amide bonds. The molecular weight excluding hydrogens is 275 g/mol. The normalized spacial score (nSPS) is 11.2. The maximum atomic E-state index is 12.6. The SMILES string of the molecule is NC(=O)CNS(=O)(=O)CCCOc1ccc(F)cc1. The number of hydrogen-bond acceptors (Lipinski definition) is 4. The molecule has 1 aromatic carbocycles. The monoisotopic (exact) mass is 290 g/mol. The van der Waals surface area contributed by atoms with Crippen LogP contribution < -0.4 is 15.2 Å². The lowest BCUT2D eigenvalue weighted by Gasteiger charge is -2.07. The molecule has 0 aliphatic carbocycles. The number of nitrogens with two attached hydrogens (primary N) is 1. The molecule has 0 aliphatic heterocycles. The van der Waals surface area contributed by atoms with Gasteiger partial charge in [0.1, 0.15) is 11.6 Å². The van der Waals surface area contributed by atoms with Gasteiger partial charge in [-0.05, 0) is 30.7 Å². The van der Waals surface area contributed by atoms with Gasteiger partial charge in [0.2, 0.25) is 15.9 Å². The average molecular weight is 290 g/mol. The van der Waals surface area contributed by atoms with E-state index in [1.807, 2.05) is 0 Å². The van der Waals surface area contributed by atoms with E-state index in [2.05, 4.69) is 4.72 Å². The highest BCUT2D eigenvalue weighted by Gasteiger charge is 2.10. The fraction of sp³-hybridized carbons (Fsp3) is 0.364. The topological polar surface area (TPSA) is 98.5 Å². The van der Waals surface area contributed by atoms with Crippen molar-refractivity contribution in [3.8, 4) is 5.75 Å². The van der Waals surface area contributed by atoms with Crippen LogP contribution in [0.5, 0.6) is 5.75 Å². The molecule has 3 N–H and O–H groups in total. The number of rotatable bonds is 8. The number of amides is 1. The highest BCUT2D eigenvalue weighted by atomic mass is 32.2. The second-order valence-corrected chi connectivity index (χ2v) is 5.69. The Bertz CT molecular complexity index is 516. The summed E-state index contributed by atoms with van der Waals surface area (Å²) in [6.45, 7) is -0.246. The van der Waals surface area contributed by atoms with Gasteiger partial charge >= 0.3 is 0 Å². The Balaban J connectivity index is 2.26. The van der Waals surface area contributed by atoms with E-state index in [0.29, 0.717) is 5.75 Å². The standard InChI is InChI=1S/C11H15FN2O4S/c12-9-2-4-10(5-3-9)18-6-1-7-19(16,17)14-8-11(13)15/h2-5,14H,1,6-8H2,(H2,13,15). The number of ether oxygens (including phenoxy) is 1. The van der Waals surface area contributed by atoms with E-state index in [0.717, 1.165) is 0 Å². The molecule has 0 aliphatic rings. The van der Waals surface area contributed by atoms with E-state index in [-0.39, 0.29) is 24.6 Å². The van der Waals surface area contributed by atoms with Crippen molar-refractivity contribution in [1.82, 2.24) is 4.72 Å². The van der Waals surface area contributed by atoms with Crippen molar-refractivity contribution in [1.29, 1.82) is 0 Å². The second-order valence-electron chi connectivity index (χ2n) is 3.76. The van der Waals surface area contributed by atoms with E-state index < -0.39 is 22.5 Å².